The molecule has 0 unspecified atom stereocenters. The monoisotopic (exact) mass is 482 g/mol. The average molecular weight is 482 g/mol. The van der Waals surface area contributed by atoms with Crippen LogP contribution in [0.25, 0.3) is 0 Å². The molecule has 8 nitrogen and oxygen atoms in total. The fourth-order valence-corrected chi connectivity index (χ4v) is 2.81. The molecular formula is C22H22F4N4O4. The molecule has 2 aromatic heterocycles. The molecule has 0 radical (unpaired) electrons. The number of halogens is 4. The molecule has 0 saturated heterocycles. The van der Waals surface area contributed by atoms with Gasteiger partial charge in [-0.2, -0.15) is 13.9 Å². The lowest BCUT2D eigenvalue weighted by atomic mass is 10.2. The zero-order valence-corrected chi connectivity index (χ0v) is 18.5. The molecule has 0 atom stereocenters. The van der Waals surface area contributed by atoms with Crippen molar-refractivity contribution in [3.05, 3.63) is 64.9 Å². The Morgan fingerprint density at radius 3 is 2.41 bits per heavy atom. The number of aromatic nitrogens is 2. The first kappa shape index (κ1) is 24.8. The highest BCUT2D eigenvalue weighted by molar-refractivity contribution is 6.07. The fourth-order valence-electron chi connectivity index (χ4n) is 2.81. The highest BCUT2D eigenvalue weighted by Crippen LogP contribution is 2.27. The number of nitrogens with one attached hydrogen (secondary N) is 2. The summed E-state index contributed by atoms with van der Waals surface area (Å²) >= 11 is 0. The summed E-state index contributed by atoms with van der Waals surface area (Å²) in [7, 11) is 0. The Morgan fingerprint density at radius 2 is 1.79 bits per heavy atom. The van der Waals surface area contributed by atoms with E-state index in [1.54, 1.807) is 0 Å². The minimum absolute atomic E-state index is 0.0186. The van der Waals surface area contributed by atoms with Crippen molar-refractivity contribution in [2.24, 2.45) is 5.92 Å². The summed E-state index contributed by atoms with van der Waals surface area (Å²) in [5, 5.41) is 9.41. The lowest BCUT2D eigenvalue weighted by Gasteiger charge is -2.08. The zero-order chi connectivity index (χ0) is 25.0. The number of ether oxygens (including phenoxy) is 1. The molecule has 2 amide bonds. The zero-order valence-electron chi connectivity index (χ0n) is 18.5. The van der Waals surface area contributed by atoms with E-state index in [2.05, 4.69) is 15.7 Å². The molecule has 0 saturated carbocycles. The molecule has 182 valence electrons. The third-order valence-corrected chi connectivity index (χ3v) is 4.54. The number of nitrogens with zero attached hydrogens (tertiary/aromatic N) is 2. The standard InChI is InChI=1S/C22H22F4N4O4/c1-4-30-9-15(19(29-30)22(32)27-8-11(2)3)28-21(31)16-6-5-12(34-16)10-33-20-17(25)13(23)7-14(24)18(20)26/h5-7,9,11H,4,8,10H2,1-3H3,(H,27,32)(H,28,31). The molecule has 2 N–H and O–H groups in total. The van der Waals surface area contributed by atoms with Crippen LogP contribution in [0, 0.1) is 29.2 Å². The van der Waals surface area contributed by atoms with Crippen molar-refractivity contribution in [3.63, 3.8) is 0 Å². The van der Waals surface area contributed by atoms with Crippen molar-refractivity contribution in [1.82, 2.24) is 15.1 Å². The van der Waals surface area contributed by atoms with Crippen LogP contribution in [0.15, 0.2) is 28.8 Å². The summed E-state index contributed by atoms with van der Waals surface area (Å²) < 4.78 is 65.6. The van der Waals surface area contributed by atoms with Crippen molar-refractivity contribution in [2.75, 3.05) is 11.9 Å². The molecule has 0 bridgehead atoms. The molecule has 0 aliphatic carbocycles. The van der Waals surface area contributed by atoms with Crippen molar-refractivity contribution in [1.29, 1.82) is 0 Å². The molecule has 0 aliphatic heterocycles. The first-order chi connectivity index (χ1) is 16.1. The topological polar surface area (TPSA) is 98.4 Å². The Balaban J connectivity index is 1.71. The van der Waals surface area contributed by atoms with E-state index >= 15 is 0 Å². The van der Waals surface area contributed by atoms with Gasteiger partial charge in [0.1, 0.15) is 12.4 Å². The second-order valence-corrected chi connectivity index (χ2v) is 7.66. The Morgan fingerprint density at radius 1 is 1.12 bits per heavy atom. The van der Waals surface area contributed by atoms with E-state index in [9.17, 15) is 27.2 Å². The maximum Gasteiger partial charge on any atom is 0.291 e. The van der Waals surface area contributed by atoms with Crippen LogP contribution in [0.2, 0.25) is 0 Å². The lowest BCUT2D eigenvalue weighted by Crippen LogP contribution is -2.28. The molecule has 0 fully saturated rings. The van der Waals surface area contributed by atoms with E-state index in [4.69, 9.17) is 9.15 Å². The summed E-state index contributed by atoms with van der Waals surface area (Å²) in [6.45, 7) is 5.93. The second-order valence-electron chi connectivity index (χ2n) is 7.66. The van der Waals surface area contributed by atoms with Gasteiger partial charge in [0.25, 0.3) is 11.8 Å². The number of benzene rings is 1. The van der Waals surface area contributed by atoms with E-state index in [1.807, 2.05) is 20.8 Å². The van der Waals surface area contributed by atoms with Gasteiger partial charge in [0, 0.05) is 25.4 Å². The summed E-state index contributed by atoms with van der Waals surface area (Å²) in [4.78, 5) is 25.1. The molecule has 34 heavy (non-hydrogen) atoms. The van der Waals surface area contributed by atoms with Gasteiger partial charge in [-0.15, -0.1) is 0 Å². The third-order valence-electron chi connectivity index (χ3n) is 4.54. The van der Waals surface area contributed by atoms with Gasteiger partial charge < -0.3 is 19.8 Å². The van der Waals surface area contributed by atoms with Gasteiger partial charge >= 0.3 is 0 Å². The van der Waals surface area contributed by atoms with Gasteiger partial charge in [-0.05, 0) is 25.0 Å². The number of aryl methyl sites for hydroxylation is 1. The molecule has 3 aromatic rings. The van der Waals surface area contributed by atoms with E-state index < -0.39 is 47.4 Å². The normalized spacial score (nSPS) is 11.1. The summed E-state index contributed by atoms with van der Waals surface area (Å²) in [5.41, 5.74) is 0.173. The van der Waals surface area contributed by atoms with Crippen LogP contribution < -0.4 is 15.4 Å². The van der Waals surface area contributed by atoms with Crippen molar-refractivity contribution >= 4 is 17.5 Å². The van der Waals surface area contributed by atoms with Gasteiger partial charge in [0.05, 0.1) is 5.69 Å². The number of furan rings is 1. The van der Waals surface area contributed by atoms with Crippen LogP contribution in [0.1, 0.15) is 47.6 Å². The number of amides is 2. The van der Waals surface area contributed by atoms with E-state index in [1.165, 1.54) is 23.0 Å². The maximum absolute atomic E-state index is 13.7. The quantitative estimate of drug-likeness (QED) is 0.351. The third kappa shape index (κ3) is 5.56. The SMILES string of the molecule is CCn1cc(NC(=O)c2ccc(COc3c(F)c(F)cc(F)c3F)o2)c(C(=O)NCC(C)C)n1. The van der Waals surface area contributed by atoms with Crippen molar-refractivity contribution < 1.29 is 36.3 Å². The summed E-state index contributed by atoms with van der Waals surface area (Å²) in [6, 6.07) is 2.60. The van der Waals surface area contributed by atoms with Gasteiger partial charge in [0.2, 0.25) is 11.6 Å². The second kappa shape index (κ2) is 10.4. The first-order valence-corrected chi connectivity index (χ1v) is 10.3. The average Bonchev–Trinajstić information content (AvgIpc) is 3.43. The first-order valence-electron chi connectivity index (χ1n) is 10.3. The Bertz CT molecular complexity index is 1180. The molecular weight excluding hydrogens is 460 g/mol. The Labute approximate surface area is 191 Å². The van der Waals surface area contributed by atoms with Gasteiger partial charge in [-0.1, -0.05) is 13.8 Å². The predicted molar refractivity (Wildman–Crippen MR) is 112 cm³/mol. The highest BCUT2D eigenvalue weighted by Gasteiger charge is 2.23. The van der Waals surface area contributed by atoms with Crippen LogP contribution in [-0.2, 0) is 13.2 Å². The largest absolute Gasteiger partial charge is 0.479 e. The number of carbonyl (C=O) groups is 2. The molecule has 0 aliphatic rings. The molecule has 1 aromatic carbocycles. The van der Waals surface area contributed by atoms with E-state index in [0.717, 1.165) is 0 Å². The highest BCUT2D eigenvalue weighted by atomic mass is 19.2. The molecule has 3 rings (SSSR count). The number of carbonyl (C=O) groups excluding carboxylic acids is 2. The molecule has 0 spiro atoms. The number of hydrogen-bond acceptors (Lipinski definition) is 5. The molecule has 12 heteroatoms. The Hall–Kier alpha value is -3.83. The predicted octanol–water partition coefficient (Wildman–Crippen LogP) is 4.27. The summed E-state index contributed by atoms with van der Waals surface area (Å²) in [5.74, 6) is -9.10. The fraction of sp³-hybridized carbons (Fsp3) is 0.318. The van der Waals surface area contributed by atoms with Gasteiger partial charge in [0.15, 0.2) is 28.8 Å². The van der Waals surface area contributed by atoms with E-state index in [0.29, 0.717) is 13.1 Å². The van der Waals surface area contributed by atoms with Crippen LogP contribution in [0.5, 0.6) is 5.75 Å². The lowest BCUT2D eigenvalue weighted by molar-refractivity contribution is 0.0944. The minimum Gasteiger partial charge on any atom is -0.479 e. The van der Waals surface area contributed by atoms with E-state index in [-0.39, 0.29) is 34.9 Å². The van der Waals surface area contributed by atoms with Gasteiger partial charge in [-0.3, -0.25) is 14.3 Å². The number of rotatable bonds is 9. The van der Waals surface area contributed by atoms with Crippen molar-refractivity contribution in [3.8, 4) is 5.75 Å². The van der Waals surface area contributed by atoms with Crippen LogP contribution >= 0.6 is 0 Å². The van der Waals surface area contributed by atoms with Crippen LogP contribution in [0.4, 0.5) is 23.2 Å². The Kier molecular flexibility index (Phi) is 7.59. The maximum atomic E-state index is 13.7. The van der Waals surface area contributed by atoms with Crippen molar-refractivity contribution in [2.45, 2.75) is 33.9 Å². The smallest absolute Gasteiger partial charge is 0.291 e. The van der Waals surface area contributed by atoms with Crippen LogP contribution in [-0.4, -0.2) is 28.1 Å². The minimum atomic E-state index is -1.69. The molecule has 2 heterocycles. The number of anilines is 1. The van der Waals surface area contributed by atoms with Crippen LogP contribution in [0.3, 0.4) is 0 Å². The van der Waals surface area contributed by atoms with Gasteiger partial charge in [-0.25, -0.2) is 8.78 Å². The summed E-state index contributed by atoms with van der Waals surface area (Å²) in [6.07, 6.45) is 1.49. The number of hydrogen-bond donors (Lipinski definition) is 2.